The molecule has 0 radical (unpaired) electrons. The van der Waals surface area contributed by atoms with Crippen LogP contribution >= 0.6 is 11.3 Å². The summed E-state index contributed by atoms with van der Waals surface area (Å²) in [6.07, 6.45) is 1.34. The van der Waals surface area contributed by atoms with Crippen LogP contribution in [0.15, 0.2) is 70.0 Å². The highest BCUT2D eigenvalue weighted by molar-refractivity contribution is 7.89. The lowest BCUT2D eigenvalue weighted by Gasteiger charge is -2.35. The molecule has 168 valence electrons. The molecule has 1 fully saturated rings. The summed E-state index contributed by atoms with van der Waals surface area (Å²) in [6, 6.07) is 15.9. The Bertz CT molecular complexity index is 1200. The smallest absolute Gasteiger partial charge is 0.240 e. The Morgan fingerprint density at radius 1 is 1.19 bits per heavy atom. The minimum Gasteiger partial charge on any atom is -0.409 e. The molecule has 1 aliphatic heterocycles. The van der Waals surface area contributed by atoms with Gasteiger partial charge in [-0.3, -0.25) is 0 Å². The first-order valence-corrected chi connectivity index (χ1v) is 12.5. The van der Waals surface area contributed by atoms with Crippen molar-refractivity contribution in [2.24, 2.45) is 10.9 Å². The predicted octanol–water partition coefficient (Wildman–Crippen LogP) is 2.93. The van der Waals surface area contributed by atoms with Gasteiger partial charge in [0.05, 0.1) is 10.6 Å². The predicted molar refractivity (Wildman–Crippen MR) is 123 cm³/mol. The molecule has 0 amide bonds. The Hall–Kier alpha value is -2.79. The van der Waals surface area contributed by atoms with Crippen molar-refractivity contribution in [3.63, 3.8) is 0 Å². The number of sulfonamides is 1. The van der Waals surface area contributed by atoms with Crippen molar-refractivity contribution in [2.75, 3.05) is 19.8 Å². The Labute approximate surface area is 190 Å². The van der Waals surface area contributed by atoms with Crippen molar-refractivity contribution in [3.8, 4) is 11.3 Å². The lowest BCUT2D eigenvalue weighted by atomic mass is 9.81. The fraction of sp³-hybridized carbons (Fsp3) is 0.273. The van der Waals surface area contributed by atoms with Gasteiger partial charge in [-0.1, -0.05) is 47.6 Å². The molecule has 4 rings (SSSR count). The molecule has 4 N–H and O–H groups in total. The zero-order valence-corrected chi connectivity index (χ0v) is 18.9. The van der Waals surface area contributed by atoms with Crippen LogP contribution < -0.4 is 10.5 Å². The fourth-order valence-corrected chi connectivity index (χ4v) is 5.95. The molecule has 0 spiro atoms. The van der Waals surface area contributed by atoms with Gasteiger partial charge >= 0.3 is 0 Å². The number of thiazole rings is 1. The van der Waals surface area contributed by atoms with Gasteiger partial charge in [0, 0.05) is 41.7 Å². The zero-order chi connectivity index (χ0) is 22.6. The van der Waals surface area contributed by atoms with Crippen LogP contribution in [0.3, 0.4) is 0 Å². The third-order valence-electron chi connectivity index (χ3n) is 5.63. The molecule has 8 nitrogen and oxygen atoms in total. The van der Waals surface area contributed by atoms with Crippen molar-refractivity contribution < 1.29 is 18.4 Å². The van der Waals surface area contributed by atoms with Crippen molar-refractivity contribution in [1.29, 1.82) is 0 Å². The summed E-state index contributed by atoms with van der Waals surface area (Å²) in [7, 11) is -3.82. The number of nitrogens with two attached hydrogens (primary N) is 1. The van der Waals surface area contributed by atoms with Crippen LogP contribution in [0.2, 0.25) is 0 Å². The number of nitrogens with one attached hydrogen (secondary N) is 1. The number of aromatic nitrogens is 1. The molecular weight excluding hydrogens is 448 g/mol. The van der Waals surface area contributed by atoms with Gasteiger partial charge in [0.15, 0.2) is 5.84 Å². The lowest BCUT2D eigenvalue weighted by Crippen LogP contribution is -2.44. The van der Waals surface area contributed by atoms with E-state index in [1.807, 2.05) is 35.7 Å². The Balaban J connectivity index is 1.59. The molecule has 10 heteroatoms. The van der Waals surface area contributed by atoms with E-state index in [0.717, 1.165) is 16.3 Å². The average Bonchev–Trinajstić information content (AvgIpc) is 3.35. The van der Waals surface area contributed by atoms with Crippen molar-refractivity contribution in [3.05, 3.63) is 70.5 Å². The summed E-state index contributed by atoms with van der Waals surface area (Å²) >= 11 is 1.54. The summed E-state index contributed by atoms with van der Waals surface area (Å²) in [5.41, 5.74) is 7.39. The highest BCUT2D eigenvalue weighted by Crippen LogP contribution is 2.38. The fourth-order valence-electron chi connectivity index (χ4n) is 3.68. The zero-order valence-electron chi connectivity index (χ0n) is 17.3. The number of rotatable bonds is 7. The van der Waals surface area contributed by atoms with E-state index in [1.165, 1.54) is 12.1 Å². The molecule has 0 atom stereocenters. The minimum absolute atomic E-state index is 0.0490. The third kappa shape index (κ3) is 4.68. The van der Waals surface area contributed by atoms with E-state index in [1.54, 1.807) is 23.5 Å². The quantitative estimate of drug-likeness (QED) is 0.210. The third-order valence-corrected chi connectivity index (χ3v) is 8.11. The Morgan fingerprint density at radius 2 is 1.94 bits per heavy atom. The van der Waals surface area contributed by atoms with Crippen LogP contribution in [0.5, 0.6) is 0 Å². The minimum atomic E-state index is -3.82. The van der Waals surface area contributed by atoms with Gasteiger partial charge in [0.1, 0.15) is 5.01 Å². The molecule has 3 aromatic rings. The molecule has 2 aromatic carbocycles. The van der Waals surface area contributed by atoms with E-state index in [4.69, 9.17) is 20.7 Å². The summed E-state index contributed by atoms with van der Waals surface area (Å²) in [4.78, 5) is 4.92. The van der Waals surface area contributed by atoms with Gasteiger partial charge in [-0.2, -0.15) is 0 Å². The maximum atomic E-state index is 13.0. The van der Waals surface area contributed by atoms with Gasteiger partial charge in [-0.25, -0.2) is 18.1 Å². The number of hydrogen-bond acceptors (Lipinski definition) is 7. The monoisotopic (exact) mass is 472 g/mol. The molecule has 0 bridgehead atoms. The van der Waals surface area contributed by atoms with Gasteiger partial charge < -0.3 is 15.7 Å². The highest BCUT2D eigenvalue weighted by Gasteiger charge is 2.38. The maximum Gasteiger partial charge on any atom is 0.240 e. The van der Waals surface area contributed by atoms with Gasteiger partial charge in [-0.05, 0) is 25.0 Å². The van der Waals surface area contributed by atoms with E-state index in [2.05, 4.69) is 9.88 Å². The second-order valence-electron chi connectivity index (χ2n) is 7.63. The number of oxime groups is 1. The lowest BCUT2D eigenvalue weighted by molar-refractivity contribution is 0.0516. The average molecular weight is 473 g/mol. The van der Waals surface area contributed by atoms with Crippen molar-refractivity contribution in [2.45, 2.75) is 23.2 Å². The number of ether oxygens (including phenoxy) is 1. The first kappa shape index (κ1) is 22.4. The second-order valence-corrected chi connectivity index (χ2v) is 10.3. The first-order chi connectivity index (χ1) is 15.4. The number of nitrogens with zero attached hydrogens (tertiary/aromatic N) is 2. The molecule has 1 aliphatic rings. The first-order valence-electron chi connectivity index (χ1n) is 10.1. The summed E-state index contributed by atoms with van der Waals surface area (Å²) in [5.74, 6) is -0.154. The van der Waals surface area contributed by atoms with Crippen molar-refractivity contribution in [1.82, 2.24) is 9.71 Å². The van der Waals surface area contributed by atoms with Crippen LogP contribution in [-0.4, -0.2) is 44.2 Å². The van der Waals surface area contributed by atoms with E-state index >= 15 is 0 Å². The highest BCUT2D eigenvalue weighted by atomic mass is 32.2. The largest absolute Gasteiger partial charge is 0.409 e. The van der Waals surface area contributed by atoms with Crippen LogP contribution in [0.1, 0.15) is 23.4 Å². The second kappa shape index (κ2) is 9.37. The van der Waals surface area contributed by atoms with Crippen LogP contribution in [0, 0.1) is 0 Å². The molecule has 1 saturated heterocycles. The number of hydrogen-bond donors (Lipinski definition) is 3. The SMILES string of the molecule is N/C(=N\O)c1cccc(S(=O)(=O)NCC2(c3nc(-c4ccccc4)cs3)CCOCC2)c1. The summed E-state index contributed by atoms with van der Waals surface area (Å²) in [5, 5.41) is 14.7. The van der Waals surface area contributed by atoms with E-state index in [-0.39, 0.29) is 17.3 Å². The van der Waals surface area contributed by atoms with Crippen LogP contribution in [0.4, 0.5) is 0 Å². The van der Waals surface area contributed by atoms with Crippen LogP contribution in [0.25, 0.3) is 11.3 Å². The van der Waals surface area contributed by atoms with E-state index in [0.29, 0.717) is 31.6 Å². The molecule has 0 unspecified atom stereocenters. The topological polar surface area (TPSA) is 127 Å². The molecule has 1 aromatic heterocycles. The van der Waals surface area contributed by atoms with E-state index < -0.39 is 15.4 Å². The summed E-state index contributed by atoms with van der Waals surface area (Å²) in [6.45, 7) is 1.29. The molecule has 0 saturated carbocycles. The maximum absolute atomic E-state index is 13.0. The Kier molecular flexibility index (Phi) is 6.56. The molecule has 32 heavy (non-hydrogen) atoms. The Morgan fingerprint density at radius 3 is 2.66 bits per heavy atom. The number of amidine groups is 1. The number of benzene rings is 2. The van der Waals surface area contributed by atoms with Gasteiger partial charge in [0.25, 0.3) is 0 Å². The summed E-state index contributed by atoms with van der Waals surface area (Å²) < 4.78 is 34.4. The van der Waals surface area contributed by atoms with Crippen LogP contribution in [-0.2, 0) is 20.2 Å². The normalized spacial score (nSPS) is 16.7. The molecular formula is C22H24N4O4S2. The van der Waals surface area contributed by atoms with Gasteiger partial charge in [0.2, 0.25) is 10.0 Å². The molecule has 0 aliphatic carbocycles. The van der Waals surface area contributed by atoms with E-state index in [9.17, 15) is 8.42 Å². The van der Waals surface area contributed by atoms with Crippen molar-refractivity contribution >= 4 is 27.2 Å². The van der Waals surface area contributed by atoms with Gasteiger partial charge in [-0.15, -0.1) is 11.3 Å². The standard InChI is InChI=1S/C22H24N4O4S2/c23-20(26-27)17-7-4-8-18(13-17)32(28,29)24-15-22(9-11-30-12-10-22)21-25-19(14-31-21)16-5-2-1-3-6-16/h1-8,13-14,24,27H,9-12,15H2,(H2,23,26). The molecule has 2 heterocycles.